The number of pyridine rings is 1. The van der Waals surface area contributed by atoms with Crippen LogP contribution in [0.2, 0.25) is 0 Å². The summed E-state index contributed by atoms with van der Waals surface area (Å²) in [5.74, 6) is -0.674. The molecule has 0 aliphatic heterocycles. The van der Waals surface area contributed by atoms with Gasteiger partial charge >= 0.3 is 0 Å². The molecule has 0 radical (unpaired) electrons. The molecule has 0 unspecified atom stereocenters. The Hall–Kier alpha value is -3.47. The number of nitrogens with one attached hydrogen (secondary N) is 1. The zero-order valence-corrected chi connectivity index (χ0v) is 17.2. The van der Waals surface area contributed by atoms with Crippen LogP contribution in [0, 0.1) is 5.82 Å². The van der Waals surface area contributed by atoms with E-state index in [4.69, 9.17) is 10.5 Å². The maximum Gasteiger partial charge on any atom is 0.267 e. The Bertz CT molecular complexity index is 1200. The van der Waals surface area contributed by atoms with Crippen LogP contribution in [0.1, 0.15) is 19.4 Å². The van der Waals surface area contributed by atoms with Gasteiger partial charge in [0.15, 0.2) is 5.65 Å². The maximum absolute atomic E-state index is 14.0. The number of aromatic nitrogens is 3. The third kappa shape index (κ3) is 4.74. The van der Waals surface area contributed by atoms with Gasteiger partial charge in [-0.25, -0.2) is 21.9 Å². The molecule has 158 valence electrons. The summed E-state index contributed by atoms with van der Waals surface area (Å²) in [5.41, 5.74) is 6.39. The molecular formula is C19H21FN6O3S. The third-order valence-electron chi connectivity index (χ3n) is 3.82. The van der Waals surface area contributed by atoms with E-state index in [1.165, 1.54) is 22.7 Å². The molecule has 3 rings (SSSR count). The van der Waals surface area contributed by atoms with Crippen LogP contribution in [0.25, 0.3) is 5.65 Å². The molecule has 0 amide bonds. The first-order valence-electron chi connectivity index (χ1n) is 9.00. The predicted octanol–water partition coefficient (Wildman–Crippen LogP) is 2.50. The van der Waals surface area contributed by atoms with E-state index in [1.807, 2.05) is 13.8 Å². The highest BCUT2D eigenvalue weighted by molar-refractivity contribution is 7.92. The molecule has 2 aromatic heterocycles. The van der Waals surface area contributed by atoms with Crippen molar-refractivity contribution < 1.29 is 17.5 Å². The highest BCUT2D eigenvalue weighted by Crippen LogP contribution is 2.25. The summed E-state index contributed by atoms with van der Waals surface area (Å²) in [4.78, 5) is 3.72. The number of ether oxygens (including phenoxy) is 1. The lowest BCUT2D eigenvalue weighted by Gasteiger charge is -2.14. The van der Waals surface area contributed by atoms with Crippen LogP contribution in [-0.2, 0) is 16.6 Å². The summed E-state index contributed by atoms with van der Waals surface area (Å²) in [5, 5.41) is 7.93. The molecule has 0 aliphatic rings. The van der Waals surface area contributed by atoms with Gasteiger partial charge in [-0.1, -0.05) is 12.1 Å². The molecule has 9 nitrogen and oxygen atoms in total. The largest absolute Gasteiger partial charge is 0.476 e. The fourth-order valence-corrected chi connectivity index (χ4v) is 3.69. The standard InChI is InChI=1S/C19H21FN6O3S/c1-13(2)29-18-11-14(12-22-9-5-8-21)10-17-23-24-19(26(17)18)25-30(27,28)16-7-4-3-6-15(16)20/h3-11,13H,12,21H2,1-2H3,(H,24,25)/b8-5-,22-9?. The number of nitrogens with zero attached hydrogens (tertiary/aromatic N) is 4. The Morgan fingerprint density at radius 1 is 1.30 bits per heavy atom. The summed E-state index contributed by atoms with van der Waals surface area (Å²) in [6.07, 6.45) is 4.32. The van der Waals surface area contributed by atoms with Crippen molar-refractivity contribution in [3.63, 3.8) is 0 Å². The SMILES string of the molecule is CC(C)Oc1cc(CN=C/C=C\N)cc2nnc(NS(=O)(=O)c3ccccc3F)n12. The normalized spacial score (nSPS) is 12.4. The molecule has 1 aromatic carbocycles. The number of aliphatic imine (C=N–C) groups is 1. The van der Waals surface area contributed by atoms with Gasteiger partial charge in [-0.2, -0.15) is 0 Å². The number of fused-ring (bicyclic) bond motifs is 1. The van der Waals surface area contributed by atoms with Gasteiger partial charge in [-0.15, -0.1) is 10.2 Å². The van der Waals surface area contributed by atoms with Crippen molar-refractivity contribution in [1.82, 2.24) is 14.6 Å². The van der Waals surface area contributed by atoms with Gasteiger partial charge in [0, 0.05) is 12.3 Å². The second-order valence-electron chi connectivity index (χ2n) is 6.50. The molecular weight excluding hydrogens is 411 g/mol. The molecule has 0 fully saturated rings. The minimum atomic E-state index is -4.23. The lowest BCUT2D eigenvalue weighted by molar-refractivity contribution is 0.230. The van der Waals surface area contributed by atoms with Gasteiger partial charge in [-0.3, -0.25) is 4.99 Å². The van der Waals surface area contributed by atoms with E-state index in [0.717, 1.165) is 17.7 Å². The average molecular weight is 432 g/mol. The fourth-order valence-electron chi connectivity index (χ4n) is 2.63. The first kappa shape index (κ1) is 21.2. The fraction of sp³-hybridized carbons (Fsp3) is 0.211. The summed E-state index contributed by atoms with van der Waals surface area (Å²) < 4.78 is 48.8. The lowest BCUT2D eigenvalue weighted by Crippen LogP contribution is -2.17. The molecule has 3 N–H and O–H groups in total. The number of benzene rings is 1. The first-order valence-corrected chi connectivity index (χ1v) is 10.5. The van der Waals surface area contributed by atoms with E-state index >= 15 is 0 Å². The van der Waals surface area contributed by atoms with E-state index in [9.17, 15) is 12.8 Å². The molecule has 2 heterocycles. The summed E-state index contributed by atoms with van der Waals surface area (Å²) in [7, 11) is -4.23. The Labute approximate surface area is 173 Å². The first-order chi connectivity index (χ1) is 14.3. The van der Waals surface area contributed by atoms with Gasteiger partial charge in [0.25, 0.3) is 10.0 Å². The Kier molecular flexibility index (Phi) is 6.31. The van der Waals surface area contributed by atoms with Crippen LogP contribution < -0.4 is 15.2 Å². The highest BCUT2D eigenvalue weighted by Gasteiger charge is 2.23. The van der Waals surface area contributed by atoms with Gasteiger partial charge in [0.2, 0.25) is 11.8 Å². The monoisotopic (exact) mass is 432 g/mol. The van der Waals surface area contributed by atoms with E-state index in [1.54, 1.807) is 24.4 Å². The van der Waals surface area contributed by atoms with Crippen LogP contribution in [-0.4, -0.2) is 35.3 Å². The minimum Gasteiger partial charge on any atom is -0.476 e. The number of halogens is 1. The lowest BCUT2D eigenvalue weighted by atomic mass is 10.2. The number of hydrogen-bond donors (Lipinski definition) is 2. The zero-order valence-electron chi connectivity index (χ0n) is 16.4. The number of allylic oxidation sites excluding steroid dienone is 1. The summed E-state index contributed by atoms with van der Waals surface area (Å²) >= 11 is 0. The summed E-state index contributed by atoms with van der Waals surface area (Å²) in [6, 6.07) is 8.47. The quantitative estimate of drug-likeness (QED) is 0.527. The number of anilines is 1. The van der Waals surface area contributed by atoms with Crippen molar-refractivity contribution in [2.45, 2.75) is 31.4 Å². The molecule has 0 saturated heterocycles. The van der Waals surface area contributed by atoms with Gasteiger partial charge in [-0.05, 0) is 49.9 Å². The highest BCUT2D eigenvalue weighted by atomic mass is 32.2. The van der Waals surface area contributed by atoms with Crippen molar-refractivity contribution in [2.75, 3.05) is 4.72 Å². The van der Waals surface area contributed by atoms with Gasteiger partial charge in [0.1, 0.15) is 10.7 Å². The van der Waals surface area contributed by atoms with Crippen LogP contribution in [0.15, 0.2) is 58.6 Å². The molecule has 0 bridgehead atoms. The van der Waals surface area contributed by atoms with E-state index in [0.29, 0.717) is 18.1 Å². The van der Waals surface area contributed by atoms with E-state index < -0.39 is 20.7 Å². The molecule has 0 saturated carbocycles. The molecule has 0 atom stereocenters. The van der Waals surface area contributed by atoms with Crippen molar-refractivity contribution in [3.05, 3.63) is 60.1 Å². The van der Waals surface area contributed by atoms with Crippen LogP contribution in [0.3, 0.4) is 0 Å². The second-order valence-corrected chi connectivity index (χ2v) is 8.15. The van der Waals surface area contributed by atoms with Crippen LogP contribution in [0.4, 0.5) is 10.3 Å². The topological polar surface area (TPSA) is 124 Å². The van der Waals surface area contributed by atoms with Crippen molar-refractivity contribution in [2.24, 2.45) is 10.7 Å². The van der Waals surface area contributed by atoms with Gasteiger partial charge < -0.3 is 10.5 Å². The van der Waals surface area contributed by atoms with Crippen molar-refractivity contribution in [3.8, 4) is 5.88 Å². The number of sulfonamides is 1. The molecule has 3 aromatic rings. The number of nitrogens with two attached hydrogens (primary N) is 1. The van der Waals surface area contributed by atoms with Crippen molar-refractivity contribution in [1.29, 1.82) is 0 Å². The number of hydrogen-bond acceptors (Lipinski definition) is 7. The average Bonchev–Trinajstić information content (AvgIpc) is 3.07. The van der Waals surface area contributed by atoms with E-state index in [2.05, 4.69) is 19.9 Å². The second kappa shape index (κ2) is 8.91. The molecule has 0 spiro atoms. The number of rotatable bonds is 8. The zero-order chi connectivity index (χ0) is 21.7. The third-order valence-corrected chi connectivity index (χ3v) is 5.18. The van der Waals surface area contributed by atoms with Gasteiger partial charge in [0.05, 0.1) is 12.6 Å². The summed E-state index contributed by atoms with van der Waals surface area (Å²) in [6.45, 7) is 3.99. The van der Waals surface area contributed by atoms with Crippen molar-refractivity contribution >= 4 is 27.8 Å². The molecule has 0 aliphatic carbocycles. The van der Waals surface area contributed by atoms with Crippen LogP contribution >= 0.6 is 0 Å². The van der Waals surface area contributed by atoms with Crippen LogP contribution in [0.5, 0.6) is 5.88 Å². The Morgan fingerprint density at radius 3 is 2.77 bits per heavy atom. The minimum absolute atomic E-state index is 0.120. The smallest absolute Gasteiger partial charge is 0.267 e. The Balaban J connectivity index is 2.03. The van der Waals surface area contributed by atoms with E-state index in [-0.39, 0.29) is 12.1 Å². The molecule has 30 heavy (non-hydrogen) atoms. The Morgan fingerprint density at radius 2 is 2.07 bits per heavy atom. The maximum atomic E-state index is 14.0. The molecule has 11 heteroatoms. The predicted molar refractivity (Wildman–Crippen MR) is 111 cm³/mol.